The molecule has 0 atom stereocenters. The van der Waals surface area contributed by atoms with Crippen molar-refractivity contribution >= 4 is 28.7 Å². The van der Waals surface area contributed by atoms with Crippen LogP contribution in [0.25, 0.3) is 5.52 Å². The number of fused-ring (bicyclic) bond motifs is 1. The van der Waals surface area contributed by atoms with Gasteiger partial charge in [0.25, 0.3) is 11.8 Å². The summed E-state index contributed by atoms with van der Waals surface area (Å²) < 4.78 is 49.2. The Hall–Kier alpha value is -3.35. The van der Waals surface area contributed by atoms with Crippen molar-refractivity contribution in [1.29, 1.82) is 0 Å². The zero-order valence-electron chi connectivity index (χ0n) is 19.6. The normalized spacial score (nSPS) is 24.9. The summed E-state index contributed by atoms with van der Waals surface area (Å²) in [6.07, 6.45) is 3.68. The van der Waals surface area contributed by atoms with Crippen molar-refractivity contribution in [3.63, 3.8) is 0 Å². The zero-order valence-corrected chi connectivity index (χ0v) is 20.4. The van der Waals surface area contributed by atoms with E-state index in [0.29, 0.717) is 27.8 Å². The highest BCUT2D eigenvalue weighted by molar-refractivity contribution is 7.14. The van der Waals surface area contributed by atoms with Crippen molar-refractivity contribution in [2.24, 2.45) is 11.1 Å². The molecule has 2 amide bonds. The van der Waals surface area contributed by atoms with Crippen LogP contribution in [0.4, 0.5) is 13.2 Å². The number of halogens is 3. The Morgan fingerprint density at radius 3 is 2.65 bits per heavy atom. The Labute approximate surface area is 213 Å². The molecule has 0 aromatic carbocycles. The van der Waals surface area contributed by atoms with Crippen LogP contribution < -0.4 is 20.5 Å². The summed E-state index contributed by atoms with van der Waals surface area (Å²) in [6.45, 7) is -1.40. The number of hydrogen-bond donors (Lipinski definition) is 2. The maximum absolute atomic E-state index is 12.8. The first-order valence-corrected chi connectivity index (χ1v) is 12.8. The van der Waals surface area contributed by atoms with Crippen molar-refractivity contribution < 1.29 is 32.2 Å². The molecular weight excluding hydrogens is 511 g/mol. The second-order valence-electron chi connectivity index (χ2n) is 10.2. The summed E-state index contributed by atoms with van der Waals surface area (Å²) in [6, 6.07) is 2.91. The molecular formula is C24H24F3N5O4S. The van der Waals surface area contributed by atoms with Crippen molar-refractivity contribution in [3.05, 3.63) is 40.0 Å². The van der Waals surface area contributed by atoms with E-state index < -0.39 is 18.7 Å². The molecule has 37 heavy (non-hydrogen) atoms. The fraction of sp³-hybridized carbons (Fsp3) is 0.500. The molecule has 13 heteroatoms. The van der Waals surface area contributed by atoms with Gasteiger partial charge >= 0.3 is 6.18 Å². The molecule has 1 spiro atoms. The van der Waals surface area contributed by atoms with Gasteiger partial charge in [-0.3, -0.25) is 9.59 Å². The topological polar surface area (TPSA) is 121 Å². The van der Waals surface area contributed by atoms with Gasteiger partial charge in [0.2, 0.25) is 5.88 Å². The number of ether oxygens (including phenoxy) is 2. The molecule has 0 unspecified atom stereocenters. The maximum Gasteiger partial charge on any atom is 0.422 e. The second-order valence-corrected chi connectivity index (χ2v) is 11.2. The lowest BCUT2D eigenvalue weighted by atomic mass is 9.53. The van der Waals surface area contributed by atoms with Gasteiger partial charge in [0, 0.05) is 12.0 Å². The molecule has 0 radical (unpaired) electrons. The van der Waals surface area contributed by atoms with Crippen molar-refractivity contribution in [2.45, 2.75) is 62.8 Å². The highest BCUT2D eigenvalue weighted by Gasteiger charge is 2.54. The lowest BCUT2D eigenvalue weighted by Gasteiger charge is -2.57. The number of nitrogens with two attached hydrogens (primary N) is 1. The summed E-state index contributed by atoms with van der Waals surface area (Å²) >= 11 is 1.33. The molecule has 6 rings (SSSR count). The van der Waals surface area contributed by atoms with Crippen molar-refractivity contribution in [1.82, 2.24) is 19.9 Å². The van der Waals surface area contributed by atoms with Crippen LogP contribution in [0, 0.1) is 5.41 Å². The standard InChI is InChI=1S/C24H24F3N5O4S/c25-24(26,27)11-35-14-3-4-17-16(9-29-32(17)10-14)20(34)30-13-5-23(6-13)7-15(8-23)36-21-18(19(28)33)37-22(31-21)12-1-2-12/h3-4,9-10,12-13,15H,1-2,5-8,11H2,(H2,28,33)(H,30,34)/t13-,15-,23?. The van der Waals surface area contributed by atoms with Gasteiger partial charge in [-0.05, 0) is 56.1 Å². The number of carbonyl (C=O) groups is 2. The third-order valence-corrected chi connectivity index (χ3v) is 8.41. The van der Waals surface area contributed by atoms with Gasteiger partial charge < -0.3 is 20.5 Å². The molecule has 3 aromatic rings. The highest BCUT2D eigenvalue weighted by atomic mass is 32.1. The monoisotopic (exact) mass is 535 g/mol. The summed E-state index contributed by atoms with van der Waals surface area (Å²) in [7, 11) is 0. The molecule has 3 saturated carbocycles. The van der Waals surface area contributed by atoms with E-state index in [1.54, 1.807) is 0 Å². The Morgan fingerprint density at radius 1 is 1.22 bits per heavy atom. The fourth-order valence-corrected chi connectivity index (χ4v) is 6.31. The van der Waals surface area contributed by atoms with E-state index in [-0.39, 0.29) is 29.2 Å². The maximum atomic E-state index is 12.8. The Bertz CT molecular complexity index is 1370. The Morgan fingerprint density at radius 2 is 1.97 bits per heavy atom. The molecule has 196 valence electrons. The Balaban J connectivity index is 1.01. The van der Waals surface area contributed by atoms with E-state index in [9.17, 15) is 22.8 Å². The molecule has 0 aliphatic heterocycles. The molecule has 3 N–H and O–H groups in total. The first-order chi connectivity index (χ1) is 17.6. The SMILES string of the molecule is NC(=O)c1sc(C2CC2)nc1O[C@H]1CC2(C[C@H](NC(=O)c3cnn4cc(OCC(F)(F)F)ccc34)C2)C1. The molecule has 0 bridgehead atoms. The van der Waals surface area contributed by atoms with Gasteiger partial charge in [-0.2, -0.15) is 18.3 Å². The van der Waals surface area contributed by atoms with E-state index in [1.165, 1.54) is 40.4 Å². The number of carbonyl (C=O) groups excluding carboxylic acids is 2. The van der Waals surface area contributed by atoms with Gasteiger partial charge in [0.15, 0.2) is 11.5 Å². The lowest BCUT2D eigenvalue weighted by Crippen LogP contribution is -2.58. The second kappa shape index (κ2) is 8.61. The predicted octanol–water partition coefficient (Wildman–Crippen LogP) is 3.83. The van der Waals surface area contributed by atoms with Crippen LogP contribution in [0.5, 0.6) is 11.6 Å². The van der Waals surface area contributed by atoms with Gasteiger partial charge in [0.1, 0.15) is 16.9 Å². The smallest absolute Gasteiger partial charge is 0.422 e. The zero-order chi connectivity index (χ0) is 25.9. The van der Waals surface area contributed by atoms with Crippen molar-refractivity contribution in [2.75, 3.05) is 6.61 Å². The summed E-state index contributed by atoms with van der Waals surface area (Å²) in [4.78, 5) is 29.5. The van der Waals surface area contributed by atoms with Crippen LogP contribution in [0.2, 0.25) is 0 Å². The third-order valence-electron chi connectivity index (χ3n) is 7.19. The molecule has 3 heterocycles. The summed E-state index contributed by atoms with van der Waals surface area (Å²) in [5.41, 5.74) is 6.43. The van der Waals surface area contributed by atoms with Crippen molar-refractivity contribution in [3.8, 4) is 11.6 Å². The van der Waals surface area contributed by atoms with Gasteiger partial charge in [-0.15, -0.1) is 11.3 Å². The number of nitrogens with one attached hydrogen (secondary N) is 1. The molecule has 9 nitrogen and oxygen atoms in total. The quantitative estimate of drug-likeness (QED) is 0.452. The van der Waals surface area contributed by atoms with Crippen LogP contribution in [-0.2, 0) is 0 Å². The van der Waals surface area contributed by atoms with Gasteiger partial charge in [-0.1, -0.05) is 0 Å². The number of thiazole rings is 1. The van der Waals surface area contributed by atoms with E-state index in [0.717, 1.165) is 43.5 Å². The Kier molecular flexibility index (Phi) is 5.58. The van der Waals surface area contributed by atoms with Crippen LogP contribution >= 0.6 is 11.3 Å². The number of amides is 2. The minimum atomic E-state index is -4.44. The highest BCUT2D eigenvalue weighted by Crippen LogP contribution is 2.57. The summed E-state index contributed by atoms with van der Waals surface area (Å²) in [5, 5.41) is 8.02. The van der Waals surface area contributed by atoms with E-state index in [2.05, 4.69) is 15.4 Å². The largest absolute Gasteiger partial charge is 0.483 e. The minimum Gasteiger partial charge on any atom is -0.483 e. The number of aromatic nitrogens is 3. The van der Waals surface area contributed by atoms with Gasteiger partial charge in [0.05, 0.1) is 23.5 Å². The number of pyridine rings is 1. The number of alkyl halides is 3. The predicted molar refractivity (Wildman–Crippen MR) is 126 cm³/mol. The lowest BCUT2D eigenvalue weighted by molar-refractivity contribution is -0.153. The average molecular weight is 536 g/mol. The first kappa shape index (κ1) is 24.0. The van der Waals surface area contributed by atoms with Crippen LogP contribution in [0.1, 0.15) is 69.5 Å². The summed E-state index contributed by atoms with van der Waals surface area (Å²) in [5.74, 6) is -0.0257. The molecule has 3 aromatic heterocycles. The van der Waals surface area contributed by atoms with E-state index in [1.807, 2.05) is 0 Å². The minimum absolute atomic E-state index is 0.00642. The molecule has 3 aliphatic rings. The number of primary amides is 1. The average Bonchev–Trinajstić information content (AvgIpc) is 3.40. The number of hydrogen-bond acceptors (Lipinski definition) is 7. The number of rotatable bonds is 8. The first-order valence-electron chi connectivity index (χ1n) is 12.0. The number of nitrogens with zero attached hydrogens (tertiary/aromatic N) is 3. The molecule has 0 saturated heterocycles. The van der Waals surface area contributed by atoms with Gasteiger partial charge in [-0.25, -0.2) is 9.50 Å². The fourth-order valence-electron chi connectivity index (χ4n) is 5.28. The van der Waals surface area contributed by atoms with Crippen LogP contribution in [0.3, 0.4) is 0 Å². The van der Waals surface area contributed by atoms with E-state index >= 15 is 0 Å². The molecule has 3 fully saturated rings. The molecule has 3 aliphatic carbocycles. The van der Waals surface area contributed by atoms with Crippen LogP contribution in [0.15, 0.2) is 24.5 Å². The third kappa shape index (κ3) is 4.83. The van der Waals surface area contributed by atoms with E-state index in [4.69, 9.17) is 15.2 Å². The van der Waals surface area contributed by atoms with Crippen LogP contribution in [-0.4, -0.2) is 51.3 Å².